The van der Waals surface area contributed by atoms with Crippen LogP contribution in [-0.2, 0) is 25.6 Å². The Balaban J connectivity index is 2.90. The van der Waals surface area contributed by atoms with Crippen molar-refractivity contribution in [3.8, 4) is 0 Å². The first kappa shape index (κ1) is 25.2. The second-order valence-electron chi connectivity index (χ2n) is 7.82. The van der Waals surface area contributed by atoms with Gasteiger partial charge >= 0.3 is 18.2 Å². The van der Waals surface area contributed by atoms with Crippen molar-refractivity contribution >= 4 is 18.2 Å². The molecule has 9 nitrogen and oxygen atoms in total. The van der Waals surface area contributed by atoms with E-state index in [9.17, 15) is 19.5 Å². The maximum absolute atomic E-state index is 12.4. The summed E-state index contributed by atoms with van der Waals surface area (Å²) in [6.45, 7) is 6.72. The first-order valence-corrected chi connectivity index (χ1v) is 9.76. The number of nitrogens with one attached hydrogen (secondary N) is 2. The maximum Gasteiger partial charge on any atom is 0.408 e. The summed E-state index contributed by atoms with van der Waals surface area (Å²) in [5, 5.41) is 14.9. The first-order valence-electron chi connectivity index (χ1n) is 9.76. The Labute approximate surface area is 177 Å². The summed E-state index contributed by atoms with van der Waals surface area (Å²) in [5.74, 6) is -1.29. The monoisotopic (exact) mass is 424 g/mol. The summed E-state index contributed by atoms with van der Waals surface area (Å²) < 4.78 is 15.7. The van der Waals surface area contributed by atoms with Crippen LogP contribution in [0.25, 0.3) is 0 Å². The molecule has 0 aliphatic heterocycles. The van der Waals surface area contributed by atoms with E-state index in [1.165, 1.54) is 7.11 Å². The maximum atomic E-state index is 12.4. The lowest BCUT2D eigenvalue weighted by Crippen LogP contribution is -2.65. The number of hydrogen-bond acceptors (Lipinski definition) is 6. The molecule has 0 bridgehead atoms. The molecular formula is C21H32N2O7. The van der Waals surface area contributed by atoms with Gasteiger partial charge in [0, 0.05) is 7.11 Å². The van der Waals surface area contributed by atoms with Crippen LogP contribution >= 0.6 is 0 Å². The van der Waals surface area contributed by atoms with Crippen LogP contribution in [0, 0.1) is 0 Å². The number of carbonyl (C=O) groups excluding carboxylic acids is 2. The van der Waals surface area contributed by atoms with Gasteiger partial charge in [-0.1, -0.05) is 43.7 Å². The first-order chi connectivity index (χ1) is 14.0. The minimum absolute atomic E-state index is 0.0116. The molecule has 1 rings (SSSR count). The molecule has 9 heteroatoms. The van der Waals surface area contributed by atoms with Crippen LogP contribution in [0.4, 0.5) is 9.59 Å². The number of amides is 2. The Hall–Kier alpha value is -2.81. The minimum Gasteiger partial charge on any atom is -0.479 e. The average molecular weight is 424 g/mol. The molecule has 0 saturated carbocycles. The molecule has 0 fully saturated rings. The lowest BCUT2D eigenvalue weighted by Gasteiger charge is -2.36. The topological polar surface area (TPSA) is 123 Å². The van der Waals surface area contributed by atoms with Crippen molar-refractivity contribution in [2.45, 2.75) is 64.4 Å². The van der Waals surface area contributed by atoms with E-state index in [-0.39, 0.29) is 19.6 Å². The molecule has 3 N–H and O–H groups in total. The minimum atomic E-state index is -1.80. The summed E-state index contributed by atoms with van der Waals surface area (Å²) in [5.41, 5.74) is -1.75. The van der Waals surface area contributed by atoms with E-state index in [2.05, 4.69) is 10.6 Å². The quantitative estimate of drug-likeness (QED) is 0.527. The molecule has 0 heterocycles. The molecule has 1 aromatic rings. The van der Waals surface area contributed by atoms with Gasteiger partial charge in [-0.3, -0.25) is 0 Å². The molecule has 0 aromatic heterocycles. The van der Waals surface area contributed by atoms with E-state index in [1.807, 2.05) is 6.07 Å². The standard InChI is InChI=1S/C21H32N2O7/c1-6-12-21(17(24)25,16(28-5)13-22-18(26)30-20(2,3)4)23-19(27)29-14-15-10-8-7-9-11-15/h7-11,16H,6,12-14H2,1-5H3,(H,22,26)(H,23,27)(H,24,25). The largest absolute Gasteiger partial charge is 0.479 e. The van der Waals surface area contributed by atoms with Crippen LogP contribution in [0.2, 0.25) is 0 Å². The predicted molar refractivity (Wildman–Crippen MR) is 110 cm³/mol. The van der Waals surface area contributed by atoms with Gasteiger partial charge in [0.1, 0.15) is 18.3 Å². The van der Waals surface area contributed by atoms with Crippen molar-refractivity contribution in [3.63, 3.8) is 0 Å². The average Bonchev–Trinajstić information content (AvgIpc) is 2.66. The summed E-state index contributed by atoms with van der Waals surface area (Å²) in [7, 11) is 1.31. The van der Waals surface area contributed by atoms with Crippen LogP contribution in [0.1, 0.15) is 46.1 Å². The SMILES string of the molecule is CCCC(NC(=O)OCc1ccccc1)(C(=O)O)C(CNC(=O)OC(C)(C)C)OC. The number of rotatable bonds is 10. The van der Waals surface area contributed by atoms with Gasteiger partial charge in [0.15, 0.2) is 5.54 Å². The van der Waals surface area contributed by atoms with Gasteiger partial charge in [-0.25, -0.2) is 14.4 Å². The van der Waals surface area contributed by atoms with Crippen molar-refractivity contribution in [1.29, 1.82) is 0 Å². The smallest absolute Gasteiger partial charge is 0.408 e. The van der Waals surface area contributed by atoms with Gasteiger partial charge in [-0.05, 0) is 32.8 Å². The molecule has 168 valence electrons. The summed E-state index contributed by atoms with van der Waals surface area (Å²) >= 11 is 0. The second-order valence-corrected chi connectivity index (χ2v) is 7.82. The van der Waals surface area contributed by atoms with Crippen LogP contribution in [0.3, 0.4) is 0 Å². The molecular weight excluding hydrogens is 392 g/mol. The van der Waals surface area contributed by atoms with Gasteiger partial charge in [0.2, 0.25) is 0 Å². The van der Waals surface area contributed by atoms with E-state index in [4.69, 9.17) is 14.2 Å². The highest BCUT2D eigenvalue weighted by atomic mass is 16.6. The zero-order chi connectivity index (χ0) is 22.8. The molecule has 30 heavy (non-hydrogen) atoms. The lowest BCUT2D eigenvalue weighted by atomic mass is 9.87. The molecule has 2 unspecified atom stereocenters. The van der Waals surface area contributed by atoms with Crippen LogP contribution < -0.4 is 10.6 Å². The Morgan fingerprint density at radius 1 is 1.10 bits per heavy atom. The normalized spacial score (nSPS) is 14.2. The highest BCUT2D eigenvalue weighted by Crippen LogP contribution is 2.22. The highest BCUT2D eigenvalue weighted by molar-refractivity contribution is 5.85. The predicted octanol–water partition coefficient (Wildman–Crippen LogP) is 3.08. The Bertz CT molecular complexity index is 703. The fourth-order valence-corrected chi connectivity index (χ4v) is 2.89. The van der Waals surface area contributed by atoms with Crippen molar-refractivity contribution in [2.24, 2.45) is 0 Å². The van der Waals surface area contributed by atoms with Gasteiger partial charge in [0.05, 0.1) is 6.54 Å². The van der Waals surface area contributed by atoms with Crippen molar-refractivity contribution in [2.75, 3.05) is 13.7 Å². The Morgan fingerprint density at radius 2 is 1.73 bits per heavy atom. The number of alkyl carbamates (subject to hydrolysis) is 2. The third-order valence-corrected chi connectivity index (χ3v) is 4.23. The van der Waals surface area contributed by atoms with Crippen molar-refractivity contribution in [1.82, 2.24) is 10.6 Å². The number of carboxylic acids is 1. The van der Waals surface area contributed by atoms with E-state index in [1.54, 1.807) is 52.0 Å². The molecule has 0 aliphatic carbocycles. The number of carboxylic acid groups (broad SMARTS) is 1. The molecule has 2 atom stereocenters. The van der Waals surface area contributed by atoms with Crippen LogP contribution in [-0.4, -0.2) is 54.2 Å². The van der Waals surface area contributed by atoms with E-state index in [0.717, 1.165) is 5.56 Å². The van der Waals surface area contributed by atoms with Gasteiger partial charge in [-0.15, -0.1) is 0 Å². The third kappa shape index (κ3) is 7.90. The highest BCUT2D eigenvalue weighted by Gasteiger charge is 2.48. The van der Waals surface area contributed by atoms with E-state index in [0.29, 0.717) is 6.42 Å². The van der Waals surface area contributed by atoms with Crippen molar-refractivity contribution < 1.29 is 33.7 Å². The molecule has 0 aliphatic rings. The number of hydrogen-bond donors (Lipinski definition) is 3. The fraction of sp³-hybridized carbons (Fsp3) is 0.571. The van der Waals surface area contributed by atoms with Crippen molar-refractivity contribution in [3.05, 3.63) is 35.9 Å². The number of ether oxygens (including phenoxy) is 3. The van der Waals surface area contributed by atoms with Gasteiger partial charge in [-0.2, -0.15) is 0 Å². The van der Waals surface area contributed by atoms with Gasteiger partial charge < -0.3 is 30.0 Å². The molecule has 2 amide bonds. The van der Waals surface area contributed by atoms with Crippen LogP contribution in [0.15, 0.2) is 30.3 Å². The molecule has 0 saturated heterocycles. The number of methoxy groups -OCH3 is 1. The number of benzene rings is 1. The number of aliphatic carboxylic acids is 1. The zero-order valence-electron chi connectivity index (χ0n) is 18.2. The summed E-state index contributed by atoms with van der Waals surface area (Å²) in [6, 6.07) is 9.01. The second kappa shape index (κ2) is 11.4. The third-order valence-electron chi connectivity index (χ3n) is 4.23. The summed E-state index contributed by atoms with van der Waals surface area (Å²) in [6.07, 6.45) is -2.16. The zero-order valence-corrected chi connectivity index (χ0v) is 18.2. The molecule has 1 aromatic carbocycles. The fourth-order valence-electron chi connectivity index (χ4n) is 2.89. The molecule has 0 spiro atoms. The lowest BCUT2D eigenvalue weighted by molar-refractivity contribution is -0.151. The van der Waals surface area contributed by atoms with Crippen LogP contribution in [0.5, 0.6) is 0 Å². The summed E-state index contributed by atoms with van der Waals surface area (Å²) in [4.78, 5) is 36.6. The van der Waals surface area contributed by atoms with Gasteiger partial charge in [0.25, 0.3) is 0 Å². The van der Waals surface area contributed by atoms with E-state index < -0.39 is 35.4 Å². The number of carbonyl (C=O) groups is 3. The Morgan fingerprint density at radius 3 is 2.23 bits per heavy atom. The Kier molecular flexibility index (Phi) is 9.58. The van der Waals surface area contributed by atoms with E-state index >= 15 is 0 Å². The molecule has 0 radical (unpaired) electrons.